The SMILES string of the molecule is NC(=O)c1cccc(Cc2cccnc2)c1C(N)=O. The van der Waals surface area contributed by atoms with E-state index in [2.05, 4.69) is 4.98 Å². The summed E-state index contributed by atoms with van der Waals surface area (Å²) < 4.78 is 0. The molecule has 0 unspecified atom stereocenters. The number of carbonyl (C=O) groups excluding carboxylic acids is 2. The number of primary amides is 2. The predicted octanol–water partition coefficient (Wildman–Crippen LogP) is 0.870. The molecule has 0 aliphatic rings. The molecule has 0 aliphatic carbocycles. The van der Waals surface area contributed by atoms with E-state index in [9.17, 15) is 9.59 Å². The minimum absolute atomic E-state index is 0.147. The molecule has 4 N–H and O–H groups in total. The summed E-state index contributed by atoms with van der Waals surface area (Å²) in [7, 11) is 0. The van der Waals surface area contributed by atoms with Gasteiger partial charge in [0.1, 0.15) is 0 Å². The van der Waals surface area contributed by atoms with E-state index in [4.69, 9.17) is 11.5 Å². The zero-order valence-corrected chi connectivity index (χ0v) is 10.2. The molecule has 0 aliphatic heterocycles. The maximum atomic E-state index is 11.5. The van der Waals surface area contributed by atoms with Gasteiger partial charge in [0.25, 0.3) is 0 Å². The molecule has 0 fully saturated rings. The first-order valence-electron chi connectivity index (χ1n) is 5.70. The first kappa shape index (κ1) is 12.8. The summed E-state index contributed by atoms with van der Waals surface area (Å²) in [4.78, 5) is 26.9. The molecule has 0 atom stereocenters. The molecular formula is C14H13N3O2. The summed E-state index contributed by atoms with van der Waals surface area (Å²) in [5, 5.41) is 0. The molecule has 0 radical (unpaired) electrons. The van der Waals surface area contributed by atoms with Gasteiger partial charge in [0.2, 0.25) is 11.8 Å². The standard InChI is InChI=1S/C14H13N3O2/c15-13(18)11-5-1-4-10(12(11)14(16)19)7-9-3-2-6-17-8-9/h1-6,8H,7H2,(H2,15,18)(H2,16,19). The van der Waals surface area contributed by atoms with E-state index in [-0.39, 0.29) is 11.1 Å². The van der Waals surface area contributed by atoms with Crippen LogP contribution in [0.1, 0.15) is 31.8 Å². The van der Waals surface area contributed by atoms with Gasteiger partial charge < -0.3 is 11.5 Å². The number of rotatable bonds is 4. The Bertz CT molecular complexity index is 624. The molecular weight excluding hydrogens is 242 g/mol. The molecule has 5 nitrogen and oxygen atoms in total. The highest BCUT2D eigenvalue weighted by Crippen LogP contribution is 2.17. The van der Waals surface area contributed by atoms with Crippen LogP contribution < -0.4 is 11.5 Å². The number of carbonyl (C=O) groups is 2. The molecule has 0 spiro atoms. The Morgan fingerprint density at radius 2 is 1.84 bits per heavy atom. The van der Waals surface area contributed by atoms with Gasteiger partial charge in [-0.3, -0.25) is 14.6 Å². The third-order valence-corrected chi connectivity index (χ3v) is 2.78. The Balaban J connectivity index is 2.48. The van der Waals surface area contributed by atoms with Crippen molar-refractivity contribution in [3.05, 3.63) is 65.0 Å². The maximum absolute atomic E-state index is 11.5. The van der Waals surface area contributed by atoms with Gasteiger partial charge in [-0.05, 0) is 29.7 Å². The second-order valence-corrected chi connectivity index (χ2v) is 4.11. The van der Waals surface area contributed by atoms with Crippen LogP contribution in [-0.4, -0.2) is 16.8 Å². The van der Waals surface area contributed by atoms with Gasteiger partial charge in [0.05, 0.1) is 11.1 Å². The fourth-order valence-corrected chi connectivity index (χ4v) is 1.97. The summed E-state index contributed by atoms with van der Waals surface area (Å²) in [5.74, 6) is -1.32. The lowest BCUT2D eigenvalue weighted by Gasteiger charge is -2.10. The molecule has 2 rings (SSSR count). The van der Waals surface area contributed by atoms with Crippen molar-refractivity contribution in [1.82, 2.24) is 4.98 Å². The molecule has 2 amide bonds. The van der Waals surface area contributed by atoms with E-state index in [1.165, 1.54) is 6.07 Å². The van der Waals surface area contributed by atoms with Crippen LogP contribution in [0.5, 0.6) is 0 Å². The second-order valence-electron chi connectivity index (χ2n) is 4.11. The first-order chi connectivity index (χ1) is 9.09. The van der Waals surface area contributed by atoms with E-state index in [1.807, 2.05) is 6.07 Å². The van der Waals surface area contributed by atoms with Crippen LogP contribution in [0.4, 0.5) is 0 Å². The van der Waals surface area contributed by atoms with Gasteiger partial charge in [0, 0.05) is 12.4 Å². The molecule has 1 aromatic carbocycles. The van der Waals surface area contributed by atoms with E-state index >= 15 is 0 Å². The second kappa shape index (κ2) is 5.30. The minimum atomic E-state index is -0.665. The molecule has 0 saturated heterocycles. The number of nitrogens with zero attached hydrogens (tertiary/aromatic N) is 1. The number of hydrogen-bond acceptors (Lipinski definition) is 3. The lowest BCUT2D eigenvalue weighted by Crippen LogP contribution is -2.22. The fourth-order valence-electron chi connectivity index (χ4n) is 1.97. The molecule has 0 saturated carbocycles. The van der Waals surface area contributed by atoms with Crippen molar-refractivity contribution in [2.45, 2.75) is 6.42 Å². The predicted molar refractivity (Wildman–Crippen MR) is 70.5 cm³/mol. The number of pyridine rings is 1. The first-order valence-corrected chi connectivity index (χ1v) is 5.70. The highest BCUT2D eigenvalue weighted by Gasteiger charge is 2.17. The lowest BCUT2D eigenvalue weighted by molar-refractivity contribution is 0.0966. The van der Waals surface area contributed by atoms with Crippen LogP contribution in [-0.2, 0) is 6.42 Å². The third-order valence-electron chi connectivity index (χ3n) is 2.78. The topological polar surface area (TPSA) is 99.1 Å². The Morgan fingerprint density at radius 1 is 1.05 bits per heavy atom. The van der Waals surface area contributed by atoms with Crippen molar-refractivity contribution in [3.63, 3.8) is 0 Å². The monoisotopic (exact) mass is 255 g/mol. The summed E-state index contributed by atoms with van der Waals surface area (Å²) in [6.45, 7) is 0. The quantitative estimate of drug-likeness (QED) is 0.847. The number of hydrogen-bond donors (Lipinski definition) is 2. The van der Waals surface area contributed by atoms with Gasteiger partial charge in [-0.15, -0.1) is 0 Å². The average molecular weight is 255 g/mol. The van der Waals surface area contributed by atoms with Gasteiger partial charge in [-0.25, -0.2) is 0 Å². The molecule has 2 aromatic rings. The number of nitrogens with two attached hydrogens (primary N) is 2. The van der Waals surface area contributed by atoms with E-state index < -0.39 is 11.8 Å². The van der Waals surface area contributed by atoms with Gasteiger partial charge in [-0.2, -0.15) is 0 Å². The molecule has 1 heterocycles. The van der Waals surface area contributed by atoms with Gasteiger partial charge in [-0.1, -0.05) is 18.2 Å². The van der Waals surface area contributed by atoms with Crippen LogP contribution >= 0.6 is 0 Å². The summed E-state index contributed by atoms with van der Waals surface area (Å²) in [6.07, 6.45) is 3.83. The molecule has 5 heteroatoms. The highest BCUT2D eigenvalue weighted by atomic mass is 16.2. The zero-order chi connectivity index (χ0) is 13.8. The number of amides is 2. The van der Waals surface area contributed by atoms with Crippen molar-refractivity contribution < 1.29 is 9.59 Å². The Kier molecular flexibility index (Phi) is 3.56. The van der Waals surface area contributed by atoms with Crippen LogP contribution in [0.15, 0.2) is 42.7 Å². The molecule has 1 aromatic heterocycles. The number of benzene rings is 1. The highest BCUT2D eigenvalue weighted by molar-refractivity contribution is 6.07. The smallest absolute Gasteiger partial charge is 0.249 e. The Morgan fingerprint density at radius 3 is 2.42 bits per heavy atom. The van der Waals surface area contributed by atoms with Crippen LogP contribution in [0.2, 0.25) is 0 Å². The van der Waals surface area contributed by atoms with E-state index in [0.717, 1.165) is 5.56 Å². The lowest BCUT2D eigenvalue weighted by atomic mass is 9.95. The van der Waals surface area contributed by atoms with Crippen LogP contribution in [0.3, 0.4) is 0 Å². The average Bonchev–Trinajstić information content (AvgIpc) is 2.39. The Hall–Kier alpha value is -2.69. The summed E-state index contributed by atoms with van der Waals surface area (Å²) >= 11 is 0. The molecule has 96 valence electrons. The zero-order valence-electron chi connectivity index (χ0n) is 10.2. The summed E-state index contributed by atoms with van der Waals surface area (Å²) in [6, 6.07) is 8.61. The third kappa shape index (κ3) is 2.77. The Labute approximate surface area is 110 Å². The maximum Gasteiger partial charge on any atom is 0.249 e. The summed E-state index contributed by atoms with van der Waals surface area (Å²) in [5.41, 5.74) is 12.5. The fraction of sp³-hybridized carbons (Fsp3) is 0.0714. The largest absolute Gasteiger partial charge is 0.366 e. The van der Waals surface area contributed by atoms with Crippen molar-refractivity contribution in [2.75, 3.05) is 0 Å². The van der Waals surface area contributed by atoms with Crippen molar-refractivity contribution >= 4 is 11.8 Å². The molecule has 19 heavy (non-hydrogen) atoms. The van der Waals surface area contributed by atoms with Gasteiger partial charge >= 0.3 is 0 Å². The molecule has 0 bridgehead atoms. The van der Waals surface area contributed by atoms with Crippen LogP contribution in [0.25, 0.3) is 0 Å². The van der Waals surface area contributed by atoms with Crippen molar-refractivity contribution in [1.29, 1.82) is 0 Å². The number of aromatic nitrogens is 1. The van der Waals surface area contributed by atoms with Crippen molar-refractivity contribution in [3.8, 4) is 0 Å². The van der Waals surface area contributed by atoms with Crippen molar-refractivity contribution in [2.24, 2.45) is 11.5 Å². The van der Waals surface area contributed by atoms with Crippen LogP contribution in [0, 0.1) is 0 Å². The minimum Gasteiger partial charge on any atom is -0.366 e. The van der Waals surface area contributed by atoms with Gasteiger partial charge in [0.15, 0.2) is 0 Å². The van der Waals surface area contributed by atoms with E-state index in [0.29, 0.717) is 12.0 Å². The normalized spacial score (nSPS) is 10.1. The van der Waals surface area contributed by atoms with E-state index in [1.54, 1.807) is 30.6 Å².